The minimum Gasteiger partial charge on any atom is -0.394 e. The molecule has 0 unspecified atom stereocenters. The largest absolute Gasteiger partial charge is 0.394 e. The number of nitrogens with one attached hydrogen (secondary N) is 2. The lowest BCUT2D eigenvalue weighted by Gasteiger charge is -2.52. The lowest BCUT2D eigenvalue weighted by molar-refractivity contribution is -0.392. The number of rotatable bonds is 24. The van der Waals surface area contributed by atoms with Crippen LogP contribution >= 0.6 is 0 Å². The van der Waals surface area contributed by atoms with Crippen LogP contribution in [0.4, 0.5) is 0 Å². The van der Waals surface area contributed by atoms with Gasteiger partial charge in [0.15, 0.2) is 37.7 Å². The van der Waals surface area contributed by atoms with E-state index < -0.39 is 267 Å². The second kappa shape index (κ2) is 30.7. The molecule has 6 aliphatic heterocycles. The van der Waals surface area contributed by atoms with Gasteiger partial charge in [-0.05, 0) is 6.92 Å². The van der Waals surface area contributed by atoms with E-state index >= 15 is 0 Å². The highest BCUT2D eigenvalue weighted by Gasteiger charge is 2.59. The van der Waals surface area contributed by atoms with Crippen LogP contribution in [0.2, 0.25) is 0 Å². The Labute approximate surface area is 471 Å². The normalized spacial score (nSPS) is 46.8. The van der Waals surface area contributed by atoms with E-state index in [4.69, 9.17) is 56.8 Å². The summed E-state index contributed by atoms with van der Waals surface area (Å²) < 4.78 is 70.0. The Morgan fingerprint density at radius 3 is 1.25 bits per heavy atom. The summed E-state index contributed by atoms with van der Waals surface area (Å²) in [5.74, 6) is -1.82. The van der Waals surface area contributed by atoms with Crippen molar-refractivity contribution in [3.05, 3.63) is 0 Å². The third-order valence-electron chi connectivity index (χ3n) is 15.0. The molecule has 0 spiro atoms. The summed E-state index contributed by atoms with van der Waals surface area (Å²) in [6.45, 7) is -4.26. The number of amides is 2. The molecule has 6 fully saturated rings. The molecule has 0 aromatic carbocycles. The molecule has 0 aliphatic carbocycles. The Bertz CT molecular complexity index is 1990. The highest BCUT2D eigenvalue weighted by atomic mass is 16.8. The van der Waals surface area contributed by atoms with Crippen molar-refractivity contribution in [2.75, 3.05) is 46.2 Å². The van der Waals surface area contributed by atoms with Crippen molar-refractivity contribution in [2.24, 2.45) is 0 Å². The first-order valence-corrected chi connectivity index (χ1v) is 26.4. The fraction of sp³-hybridized carbons (Fsp3) is 0.957. The van der Waals surface area contributed by atoms with Crippen LogP contribution in [0.5, 0.6) is 0 Å². The van der Waals surface area contributed by atoms with Gasteiger partial charge < -0.3 is 175 Å². The molecule has 6 rings (SSSR count). The third kappa shape index (κ3) is 15.6. The summed E-state index contributed by atoms with van der Waals surface area (Å²) in [6.07, 6.45) is -63.2. The molecule has 0 aromatic rings. The predicted octanol–water partition coefficient (Wildman–Crippen LogP) is -15.3. The molecule has 6 aliphatic rings. The standard InChI is InChI=1S/C46H80N2O35/c1-11-23(60)29(66)31(68)43(72-11)81-38-22(48-13(3)57)42(77-20(10-55)37(38)80-44-32(69)30(67)25(62)16(6-51)73-44)83-40-27(64)18(8-53)75-46(34(40)71)79-36-19(9-54)76-41(21(28(36)65)47-12(2)56)82-39-26(63)17(7-52)74-45(33(39)70)78-35(15(59)5-50)24(61)14(58)4-49/h11,14-46,49-55,58-71H,4-10H2,1-3H3,(H,47,56)(H,48,57)/t11-,14-,15+,16+,17+,18+,19+,20+,21+,22+,23+,24+,25-,26-,27-,28+,29+,30-,31-,32+,33+,34+,35+,36+,37+,38+,39-,40-,41-,42-,43-,44-,45-,46-/m0/s1. The van der Waals surface area contributed by atoms with Crippen LogP contribution in [0.15, 0.2) is 0 Å². The Morgan fingerprint density at radius 2 is 0.759 bits per heavy atom. The Hall–Kier alpha value is -2.38. The maximum absolute atomic E-state index is 13.1. The van der Waals surface area contributed by atoms with Gasteiger partial charge in [0.05, 0.1) is 52.4 Å². The quantitative estimate of drug-likeness (QED) is 0.0427. The molecule has 484 valence electrons. The average molecular weight is 1220 g/mol. The lowest BCUT2D eigenvalue weighted by Crippen LogP contribution is -2.71. The molecule has 23 N–H and O–H groups in total. The van der Waals surface area contributed by atoms with Crippen LogP contribution in [0, 0.1) is 0 Å². The summed E-state index contributed by atoms with van der Waals surface area (Å²) in [5, 5.41) is 229. The first-order valence-electron chi connectivity index (χ1n) is 26.4. The van der Waals surface area contributed by atoms with Gasteiger partial charge in [-0.3, -0.25) is 9.59 Å². The van der Waals surface area contributed by atoms with Crippen molar-refractivity contribution < 1.29 is 174 Å². The molecular weight excluding hydrogens is 1140 g/mol. The van der Waals surface area contributed by atoms with E-state index in [9.17, 15) is 117 Å². The summed E-state index contributed by atoms with van der Waals surface area (Å²) in [5.41, 5.74) is 0. The van der Waals surface area contributed by atoms with E-state index in [2.05, 4.69) is 10.6 Å². The predicted molar refractivity (Wildman–Crippen MR) is 256 cm³/mol. The van der Waals surface area contributed by atoms with Crippen LogP contribution in [-0.4, -0.2) is 374 Å². The van der Waals surface area contributed by atoms with Gasteiger partial charge in [-0.2, -0.15) is 0 Å². The molecule has 2 amide bonds. The number of hydrogen-bond acceptors (Lipinski definition) is 35. The third-order valence-corrected chi connectivity index (χ3v) is 15.0. The number of ether oxygens (including phenoxy) is 12. The monoisotopic (exact) mass is 1220 g/mol. The molecule has 0 aromatic heterocycles. The first-order chi connectivity index (χ1) is 39.2. The molecule has 34 atom stereocenters. The van der Waals surface area contributed by atoms with Gasteiger partial charge >= 0.3 is 0 Å². The fourth-order valence-electron chi connectivity index (χ4n) is 10.3. The van der Waals surface area contributed by atoms with Crippen molar-refractivity contribution in [3.8, 4) is 0 Å². The number of carbonyl (C=O) groups excluding carboxylic acids is 2. The van der Waals surface area contributed by atoms with Gasteiger partial charge in [-0.1, -0.05) is 0 Å². The lowest BCUT2D eigenvalue weighted by atomic mass is 9.93. The van der Waals surface area contributed by atoms with Crippen LogP contribution in [0.25, 0.3) is 0 Å². The molecule has 0 saturated carbocycles. The minimum absolute atomic E-state index is 0.906. The van der Waals surface area contributed by atoms with Crippen molar-refractivity contribution in [3.63, 3.8) is 0 Å². The number of carbonyl (C=O) groups is 2. The Morgan fingerprint density at radius 1 is 0.386 bits per heavy atom. The molecule has 0 radical (unpaired) electrons. The van der Waals surface area contributed by atoms with Gasteiger partial charge in [0, 0.05) is 13.8 Å². The number of aliphatic hydroxyl groups excluding tert-OH is 21. The van der Waals surface area contributed by atoms with Crippen molar-refractivity contribution >= 4 is 11.8 Å². The second-order valence-electron chi connectivity index (χ2n) is 20.8. The van der Waals surface area contributed by atoms with E-state index in [0.29, 0.717) is 0 Å². The fourth-order valence-corrected chi connectivity index (χ4v) is 10.3. The molecule has 6 saturated heterocycles. The number of aliphatic hydroxyl groups is 21. The van der Waals surface area contributed by atoms with E-state index in [0.717, 1.165) is 13.8 Å². The van der Waals surface area contributed by atoms with E-state index in [1.165, 1.54) is 6.92 Å². The van der Waals surface area contributed by atoms with Gasteiger partial charge in [-0.15, -0.1) is 0 Å². The van der Waals surface area contributed by atoms with Crippen LogP contribution in [-0.2, 0) is 66.4 Å². The van der Waals surface area contributed by atoms with Crippen molar-refractivity contribution in [1.82, 2.24) is 10.6 Å². The summed E-state index contributed by atoms with van der Waals surface area (Å²) >= 11 is 0. The maximum Gasteiger partial charge on any atom is 0.217 e. The van der Waals surface area contributed by atoms with Crippen molar-refractivity contribution in [1.29, 1.82) is 0 Å². The highest BCUT2D eigenvalue weighted by Crippen LogP contribution is 2.38. The van der Waals surface area contributed by atoms with Gasteiger partial charge in [0.2, 0.25) is 11.8 Å². The Kier molecular flexibility index (Phi) is 25.8. The SMILES string of the molecule is CC(=O)N[C@H]1[C@H](O[C@H]2[C@@H](O)[C@@H](CO)O[C@@H](O[C@@H]([C@H](O)[C@@H](O)CO)[C@H](O)CO)[C@@H]2O)O[C@H](CO)[C@@H](O[C@@H]2O[C@H](CO)[C@H](O)[C@H](O[C@@H]3O[C@H](CO)[C@@H](O[C@@H]4O[C@H](CO)[C@H](O)[C@H](O)[C@H]4O)[C@H](O[C@@H]4O[C@@H](C)[C@@H](O)[C@@H](O)[C@@H]4O)[C@H]3NC(C)=O)[C@H]2O)[C@@H]1O. The zero-order chi connectivity index (χ0) is 61.6. The van der Waals surface area contributed by atoms with Gasteiger partial charge in [0.25, 0.3) is 0 Å². The topological polar surface area (TPSA) is 594 Å². The smallest absolute Gasteiger partial charge is 0.217 e. The van der Waals surface area contributed by atoms with E-state index in [1.807, 2.05) is 0 Å². The molecule has 83 heavy (non-hydrogen) atoms. The van der Waals surface area contributed by atoms with E-state index in [1.54, 1.807) is 0 Å². The zero-order valence-corrected chi connectivity index (χ0v) is 44.7. The summed E-state index contributed by atoms with van der Waals surface area (Å²) in [7, 11) is 0. The Balaban J connectivity index is 1.29. The first kappa shape index (κ1) is 69.7. The summed E-state index contributed by atoms with van der Waals surface area (Å²) in [6, 6.07) is -3.73. The summed E-state index contributed by atoms with van der Waals surface area (Å²) in [4.78, 5) is 25.8. The van der Waals surface area contributed by atoms with Crippen molar-refractivity contribution in [2.45, 2.75) is 229 Å². The second-order valence-corrected chi connectivity index (χ2v) is 20.8. The van der Waals surface area contributed by atoms with Crippen LogP contribution in [0.3, 0.4) is 0 Å². The molecule has 37 nitrogen and oxygen atoms in total. The van der Waals surface area contributed by atoms with E-state index in [-0.39, 0.29) is 0 Å². The zero-order valence-electron chi connectivity index (χ0n) is 44.7. The average Bonchev–Trinajstić information content (AvgIpc) is 2.76. The molecule has 0 bridgehead atoms. The molecular formula is C46H80N2O35. The van der Waals surface area contributed by atoms with Gasteiger partial charge in [0.1, 0.15) is 165 Å². The molecule has 37 heteroatoms. The molecule has 6 heterocycles. The number of hydrogen-bond donors (Lipinski definition) is 23. The highest BCUT2D eigenvalue weighted by molar-refractivity contribution is 5.73. The minimum atomic E-state index is -2.32. The van der Waals surface area contributed by atoms with Crippen LogP contribution in [0.1, 0.15) is 20.8 Å². The van der Waals surface area contributed by atoms with Gasteiger partial charge in [-0.25, -0.2) is 0 Å². The maximum atomic E-state index is 13.1. The van der Waals surface area contributed by atoms with Crippen LogP contribution < -0.4 is 10.6 Å².